The number of nitrogens with zero attached hydrogens (tertiary/aromatic N) is 3. The second-order valence-electron chi connectivity index (χ2n) is 3.99. The van der Waals surface area contributed by atoms with E-state index in [2.05, 4.69) is 10.1 Å². The number of imidazole rings is 1. The van der Waals surface area contributed by atoms with E-state index in [4.69, 9.17) is 15.7 Å². The summed E-state index contributed by atoms with van der Waals surface area (Å²) < 4.78 is 6.86. The number of nitrogens with two attached hydrogens (primary N) is 1. The molecule has 1 aliphatic rings. The van der Waals surface area contributed by atoms with Crippen LogP contribution >= 0.6 is 0 Å². The third kappa shape index (κ3) is 1.63. The number of aromatic nitrogens is 2. The number of amidine groups is 1. The Morgan fingerprint density at radius 2 is 2.26 bits per heavy atom. The van der Waals surface area contributed by atoms with Crippen molar-refractivity contribution in [1.29, 1.82) is 0 Å². The summed E-state index contributed by atoms with van der Waals surface area (Å²) in [6.45, 7) is 0.0130. The predicted octanol–water partition coefficient (Wildman–Crippen LogP) is 0.637. The normalized spacial score (nSPS) is 14.3. The van der Waals surface area contributed by atoms with Crippen molar-refractivity contribution in [3.63, 3.8) is 0 Å². The Labute approximate surface area is 107 Å². The molecule has 0 unspecified atom stereocenters. The first kappa shape index (κ1) is 11.3. The molecule has 2 heterocycles. The standard InChI is InChI=1S/C12H10N4O3/c13-11(15-18)10-9-5-19-12(17)7-3-1-2-4-8(7)16(9)6-14-10/h1-4,6,18H,5H2,(H2,13,15). The first-order valence-electron chi connectivity index (χ1n) is 5.53. The summed E-state index contributed by atoms with van der Waals surface area (Å²) >= 11 is 0. The van der Waals surface area contributed by atoms with Crippen LogP contribution in [0.25, 0.3) is 5.69 Å². The molecule has 0 saturated carbocycles. The lowest BCUT2D eigenvalue weighted by molar-refractivity contribution is 0.0475. The Kier molecular flexibility index (Phi) is 2.45. The number of fused-ring (bicyclic) bond motifs is 3. The van der Waals surface area contributed by atoms with Crippen LogP contribution in [0.1, 0.15) is 21.7 Å². The summed E-state index contributed by atoms with van der Waals surface area (Å²) in [7, 11) is 0. The molecule has 7 nitrogen and oxygen atoms in total. The molecule has 0 bridgehead atoms. The number of carbonyl (C=O) groups is 1. The molecule has 1 aromatic heterocycles. The van der Waals surface area contributed by atoms with Crippen LogP contribution in [0.3, 0.4) is 0 Å². The van der Waals surface area contributed by atoms with Crippen LogP contribution in [0.2, 0.25) is 0 Å². The van der Waals surface area contributed by atoms with Gasteiger partial charge in [0.05, 0.1) is 16.9 Å². The van der Waals surface area contributed by atoms with Gasteiger partial charge in [-0.05, 0) is 12.1 Å². The van der Waals surface area contributed by atoms with E-state index >= 15 is 0 Å². The summed E-state index contributed by atoms with van der Waals surface area (Å²) in [6.07, 6.45) is 1.52. The first-order chi connectivity index (χ1) is 9.22. The minimum atomic E-state index is -0.412. The molecular formula is C12H10N4O3. The van der Waals surface area contributed by atoms with Crippen molar-refractivity contribution in [2.45, 2.75) is 6.61 Å². The van der Waals surface area contributed by atoms with Crippen molar-refractivity contribution in [3.05, 3.63) is 47.5 Å². The van der Waals surface area contributed by atoms with Crippen LogP contribution in [-0.2, 0) is 11.3 Å². The number of cyclic esters (lactones) is 1. The Morgan fingerprint density at radius 3 is 3.05 bits per heavy atom. The van der Waals surface area contributed by atoms with Crippen molar-refractivity contribution >= 4 is 11.8 Å². The average Bonchev–Trinajstić information content (AvgIpc) is 2.81. The first-order valence-corrected chi connectivity index (χ1v) is 5.53. The minimum absolute atomic E-state index is 0.0130. The van der Waals surface area contributed by atoms with E-state index in [9.17, 15) is 4.79 Å². The van der Waals surface area contributed by atoms with Crippen molar-refractivity contribution in [2.24, 2.45) is 10.9 Å². The van der Waals surface area contributed by atoms with E-state index in [0.717, 1.165) is 0 Å². The fourth-order valence-electron chi connectivity index (χ4n) is 2.05. The van der Waals surface area contributed by atoms with Gasteiger partial charge in [0, 0.05) is 0 Å². The topological polar surface area (TPSA) is 103 Å². The second-order valence-corrected chi connectivity index (χ2v) is 3.99. The lowest BCUT2D eigenvalue weighted by atomic mass is 10.2. The number of ether oxygens (including phenoxy) is 1. The lowest BCUT2D eigenvalue weighted by Crippen LogP contribution is -2.17. The van der Waals surface area contributed by atoms with Gasteiger partial charge in [0.2, 0.25) is 0 Å². The van der Waals surface area contributed by atoms with Crippen molar-refractivity contribution in [2.75, 3.05) is 0 Å². The zero-order valence-electron chi connectivity index (χ0n) is 9.78. The van der Waals surface area contributed by atoms with Crippen LogP contribution in [0.5, 0.6) is 0 Å². The minimum Gasteiger partial charge on any atom is -0.456 e. The van der Waals surface area contributed by atoms with Gasteiger partial charge in [-0.15, -0.1) is 0 Å². The highest BCUT2D eigenvalue weighted by Gasteiger charge is 2.24. The predicted molar refractivity (Wildman–Crippen MR) is 65.2 cm³/mol. The molecule has 19 heavy (non-hydrogen) atoms. The van der Waals surface area contributed by atoms with Crippen LogP contribution in [-0.4, -0.2) is 26.6 Å². The monoisotopic (exact) mass is 258 g/mol. The van der Waals surface area contributed by atoms with Gasteiger partial charge in [-0.25, -0.2) is 9.78 Å². The molecule has 0 saturated heterocycles. The van der Waals surface area contributed by atoms with Crippen molar-refractivity contribution < 1.29 is 14.7 Å². The lowest BCUT2D eigenvalue weighted by Gasteiger charge is -2.05. The molecule has 1 aliphatic heterocycles. The van der Waals surface area contributed by atoms with Gasteiger partial charge in [0.1, 0.15) is 18.6 Å². The molecular weight excluding hydrogens is 248 g/mol. The average molecular weight is 258 g/mol. The highest BCUT2D eigenvalue weighted by atomic mass is 16.5. The van der Waals surface area contributed by atoms with Gasteiger partial charge in [-0.1, -0.05) is 17.3 Å². The Balaban J connectivity index is 2.25. The second kappa shape index (κ2) is 4.13. The number of oxime groups is 1. The van der Waals surface area contributed by atoms with E-state index in [1.54, 1.807) is 22.8 Å². The number of benzene rings is 1. The van der Waals surface area contributed by atoms with Crippen LogP contribution in [0.4, 0.5) is 0 Å². The van der Waals surface area contributed by atoms with E-state index in [1.165, 1.54) is 6.33 Å². The Morgan fingerprint density at radius 1 is 1.47 bits per heavy atom. The summed E-state index contributed by atoms with van der Waals surface area (Å²) in [5, 5.41) is 11.7. The maximum absolute atomic E-state index is 11.9. The van der Waals surface area contributed by atoms with Gasteiger partial charge in [0.15, 0.2) is 5.84 Å². The number of hydrogen-bond acceptors (Lipinski definition) is 5. The summed E-state index contributed by atoms with van der Waals surface area (Å²) in [5.41, 5.74) is 7.52. The van der Waals surface area contributed by atoms with E-state index < -0.39 is 5.97 Å². The van der Waals surface area contributed by atoms with Crippen LogP contribution < -0.4 is 5.73 Å². The number of rotatable bonds is 1. The molecule has 96 valence electrons. The van der Waals surface area contributed by atoms with Crippen molar-refractivity contribution in [3.8, 4) is 5.69 Å². The third-order valence-electron chi connectivity index (χ3n) is 2.94. The molecule has 0 atom stereocenters. The zero-order chi connectivity index (χ0) is 13.4. The van der Waals surface area contributed by atoms with E-state index in [1.807, 2.05) is 6.07 Å². The van der Waals surface area contributed by atoms with Gasteiger partial charge < -0.3 is 15.7 Å². The third-order valence-corrected chi connectivity index (χ3v) is 2.94. The maximum Gasteiger partial charge on any atom is 0.340 e. The number of hydrogen-bond donors (Lipinski definition) is 2. The number of esters is 1. The van der Waals surface area contributed by atoms with Gasteiger partial charge in [-0.2, -0.15) is 0 Å². The van der Waals surface area contributed by atoms with Gasteiger partial charge in [0.25, 0.3) is 0 Å². The highest BCUT2D eigenvalue weighted by Crippen LogP contribution is 2.24. The molecule has 0 spiro atoms. The van der Waals surface area contributed by atoms with Gasteiger partial charge in [-0.3, -0.25) is 4.57 Å². The quantitative estimate of drug-likeness (QED) is 0.257. The largest absolute Gasteiger partial charge is 0.456 e. The molecule has 0 aliphatic carbocycles. The van der Waals surface area contributed by atoms with Crippen molar-refractivity contribution in [1.82, 2.24) is 9.55 Å². The number of para-hydroxylation sites is 1. The molecule has 0 radical (unpaired) electrons. The van der Waals surface area contributed by atoms with E-state index in [0.29, 0.717) is 22.6 Å². The summed E-state index contributed by atoms with van der Waals surface area (Å²) in [5.74, 6) is -0.533. The molecule has 0 fully saturated rings. The molecule has 3 rings (SSSR count). The number of carbonyl (C=O) groups excluding carboxylic acids is 1. The fraction of sp³-hybridized carbons (Fsp3) is 0.0833. The Bertz CT molecular complexity index is 690. The molecule has 1 aromatic carbocycles. The fourth-order valence-corrected chi connectivity index (χ4v) is 2.05. The maximum atomic E-state index is 11.9. The summed E-state index contributed by atoms with van der Waals surface area (Å²) in [6, 6.07) is 7.02. The smallest absolute Gasteiger partial charge is 0.340 e. The van der Waals surface area contributed by atoms with Crippen LogP contribution in [0, 0.1) is 0 Å². The Hall–Kier alpha value is -2.83. The highest BCUT2D eigenvalue weighted by molar-refractivity contribution is 5.98. The van der Waals surface area contributed by atoms with Gasteiger partial charge >= 0.3 is 5.97 Å². The molecule has 2 aromatic rings. The molecule has 0 amide bonds. The summed E-state index contributed by atoms with van der Waals surface area (Å²) in [4.78, 5) is 15.9. The SMILES string of the molecule is NC(=NO)c1ncn2c1COC(=O)c1ccccc1-2. The van der Waals surface area contributed by atoms with E-state index in [-0.39, 0.29) is 12.4 Å². The van der Waals surface area contributed by atoms with Crippen LogP contribution in [0.15, 0.2) is 35.7 Å². The zero-order valence-corrected chi connectivity index (χ0v) is 9.78. The molecule has 3 N–H and O–H groups in total. The molecule has 7 heteroatoms.